The smallest absolute Gasteiger partial charge is 0.407 e. The molecule has 10 heavy (non-hydrogen) atoms. The molecule has 0 fully saturated rings. The van der Waals surface area contributed by atoms with Gasteiger partial charge in [-0.25, -0.2) is 13.6 Å². The van der Waals surface area contributed by atoms with Crippen LogP contribution >= 0.6 is 9.24 Å². The summed E-state index contributed by atoms with van der Waals surface area (Å²) >= 11 is 0. The first kappa shape index (κ1) is 9.56. The molecule has 3 nitrogen and oxygen atoms in total. The van der Waals surface area contributed by atoms with Crippen LogP contribution in [0.4, 0.5) is 13.6 Å². The Balaban J connectivity index is 3.46. The van der Waals surface area contributed by atoms with E-state index in [-0.39, 0.29) is 0 Å². The molecule has 0 radical (unpaired) electrons. The first-order valence-corrected chi connectivity index (χ1v) is 3.02. The van der Waals surface area contributed by atoms with Gasteiger partial charge >= 0.3 is 6.09 Å². The Kier molecular flexibility index (Phi) is 3.50. The Morgan fingerprint density at radius 1 is 1.80 bits per heavy atom. The third kappa shape index (κ3) is 5.69. The minimum atomic E-state index is -2.96. The minimum Gasteiger partial charge on any atom is -0.453 e. The number of carbonyl (C=O) groups excluding carboxylic acids is 1. The molecular weight excluding hydrogens is 163 g/mol. The van der Waals surface area contributed by atoms with Crippen LogP contribution in [-0.4, -0.2) is 25.4 Å². The lowest BCUT2D eigenvalue weighted by molar-refractivity contribution is 0.0975. The third-order valence-corrected chi connectivity index (χ3v) is 0.858. The predicted octanol–water partition coefficient (Wildman–Crippen LogP) is 0.810. The summed E-state index contributed by atoms with van der Waals surface area (Å²) in [6.07, 6.45) is -0.859. The molecule has 6 heteroatoms. The lowest BCUT2D eigenvalue weighted by atomic mass is 10.7. The van der Waals surface area contributed by atoms with Crippen LogP contribution in [-0.2, 0) is 4.74 Å². The van der Waals surface area contributed by atoms with Crippen molar-refractivity contribution in [1.82, 2.24) is 5.32 Å². The molecule has 1 amide bonds. The topological polar surface area (TPSA) is 38.3 Å². The van der Waals surface area contributed by atoms with Crippen LogP contribution in [0.25, 0.3) is 0 Å². The summed E-state index contributed by atoms with van der Waals surface area (Å²) in [6.45, 7) is -0.732. The number of methoxy groups -OCH3 is 1. The number of alkyl halides is 2. The number of halogens is 2. The molecule has 0 aliphatic heterocycles. The second-order valence-electron chi connectivity index (χ2n) is 1.61. The van der Waals surface area contributed by atoms with E-state index in [1.54, 1.807) is 0 Å². The van der Waals surface area contributed by atoms with Gasteiger partial charge in [-0.15, -0.1) is 0 Å². The maximum atomic E-state index is 11.9. The molecule has 0 aromatic rings. The van der Waals surface area contributed by atoms with E-state index in [1.165, 1.54) is 9.24 Å². The standard InChI is InChI=1S/C4H8F2NO2P/c1-9-3(8)7-2-4(5,6)10/h2,10H2,1H3,(H,7,8). The van der Waals surface area contributed by atoms with Gasteiger partial charge in [-0.1, -0.05) is 9.24 Å². The number of rotatable bonds is 2. The summed E-state index contributed by atoms with van der Waals surface area (Å²) in [6, 6.07) is 0. The zero-order valence-electron chi connectivity index (χ0n) is 5.36. The van der Waals surface area contributed by atoms with E-state index in [2.05, 4.69) is 4.74 Å². The van der Waals surface area contributed by atoms with E-state index >= 15 is 0 Å². The molecule has 1 N–H and O–H groups in total. The highest BCUT2D eigenvalue weighted by molar-refractivity contribution is 7.18. The van der Waals surface area contributed by atoms with Gasteiger partial charge in [0.05, 0.1) is 13.7 Å². The molecule has 0 saturated heterocycles. The van der Waals surface area contributed by atoms with Crippen LogP contribution in [0.15, 0.2) is 0 Å². The molecule has 0 bridgehead atoms. The lowest BCUT2D eigenvalue weighted by Gasteiger charge is -2.09. The molecule has 0 aromatic carbocycles. The van der Waals surface area contributed by atoms with Crippen LogP contribution in [0.1, 0.15) is 0 Å². The van der Waals surface area contributed by atoms with Crippen molar-refractivity contribution in [2.75, 3.05) is 13.7 Å². The summed E-state index contributed by atoms with van der Waals surface area (Å²) < 4.78 is 27.9. The Hall–Kier alpha value is -0.440. The summed E-state index contributed by atoms with van der Waals surface area (Å²) in [5.74, 6) is 0. The molecular formula is C4H8F2NO2P. The molecule has 0 aliphatic rings. The summed E-state index contributed by atoms with van der Waals surface area (Å²) in [4.78, 5) is 10.2. The van der Waals surface area contributed by atoms with Gasteiger partial charge in [0.1, 0.15) is 0 Å². The largest absolute Gasteiger partial charge is 0.453 e. The molecule has 0 aromatic heterocycles. The lowest BCUT2D eigenvalue weighted by Crippen LogP contribution is -2.32. The second kappa shape index (κ2) is 3.66. The second-order valence-corrected chi connectivity index (χ2v) is 2.45. The zero-order chi connectivity index (χ0) is 8.20. The highest BCUT2D eigenvalue weighted by Gasteiger charge is 2.21. The van der Waals surface area contributed by atoms with Crippen molar-refractivity contribution < 1.29 is 18.3 Å². The van der Waals surface area contributed by atoms with Crippen molar-refractivity contribution in [1.29, 1.82) is 0 Å². The maximum absolute atomic E-state index is 11.9. The van der Waals surface area contributed by atoms with Crippen molar-refractivity contribution in [3.05, 3.63) is 0 Å². The van der Waals surface area contributed by atoms with Gasteiger partial charge in [0.25, 0.3) is 5.66 Å². The van der Waals surface area contributed by atoms with Crippen LogP contribution in [0.2, 0.25) is 0 Å². The predicted molar refractivity (Wildman–Crippen MR) is 35.1 cm³/mol. The molecule has 0 spiro atoms. The average molecular weight is 171 g/mol. The van der Waals surface area contributed by atoms with Crippen molar-refractivity contribution >= 4 is 15.3 Å². The van der Waals surface area contributed by atoms with Gasteiger partial charge in [0.15, 0.2) is 0 Å². The highest BCUT2D eigenvalue weighted by Crippen LogP contribution is 2.19. The van der Waals surface area contributed by atoms with Gasteiger partial charge in [0.2, 0.25) is 0 Å². The summed E-state index contributed by atoms with van der Waals surface area (Å²) in [5.41, 5.74) is -2.96. The fourth-order valence-corrected chi connectivity index (χ4v) is 0.364. The summed E-state index contributed by atoms with van der Waals surface area (Å²) in [5, 5.41) is 1.84. The quantitative estimate of drug-likeness (QED) is 0.624. The SMILES string of the molecule is COC(=O)NCC(F)(F)P. The number of hydrogen-bond acceptors (Lipinski definition) is 2. The first-order chi connectivity index (χ1) is 4.45. The van der Waals surface area contributed by atoms with E-state index in [1.807, 2.05) is 5.32 Å². The van der Waals surface area contributed by atoms with Crippen LogP contribution in [0.5, 0.6) is 0 Å². The number of alkyl carbamates (subject to hydrolysis) is 1. The van der Waals surface area contributed by atoms with Crippen molar-refractivity contribution in [2.45, 2.75) is 5.66 Å². The average Bonchev–Trinajstić information content (AvgIpc) is 1.81. The number of amides is 1. The molecule has 0 rings (SSSR count). The molecule has 0 heterocycles. The monoisotopic (exact) mass is 171 g/mol. The van der Waals surface area contributed by atoms with Crippen molar-refractivity contribution in [3.8, 4) is 0 Å². The minimum absolute atomic E-state index is 0.732. The van der Waals surface area contributed by atoms with Crippen LogP contribution in [0, 0.1) is 0 Å². The van der Waals surface area contributed by atoms with Crippen LogP contribution < -0.4 is 5.32 Å². The Morgan fingerprint density at radius 3 is 2.60 bits per heavy atom. The molecule has 0 saturated carbocycles. The van der Waals surface area contributed by atoms with Gasteiger partial charge in [-0.3, -0.25) is 0 Å². The van der Waals surface area contributed by atoms with Gasteiger partial charge in [0, 0.05) is 0 Å². The molecule has 60 valence electrons. The number of carbonyl (C=O) groups is 1. The van der Waals surface area contributed by atoms with E-state index in [0.29, 0.717) is 0 Å². The highest BCUT2D eigenvalue weighted by atomic mass is 31.0. The van der Waals surface area contributed by atoms with Gasteiger partial charge < -0.3 is 10.1 Å². The van der Waals surface area contributed by atoms with Gasteiger partial charge in [-0.2, -0.15) is 0 Å². The maximum Gasteiger partial charge on any atom is 0.407 e. The van der Waals surface area contributed by atoms with E-state index < -0.39 is 18.3 Å². The van der Waals surface area contributed by atoms with Crippen molar-refractivity contribution in [3.63, 3.8) is 0 Å². The van der Waals surface area contributed by atoms with E-state index in [4.69, 9.17) is 0 Å². The zero-order valence-corrected chi connectivity index (χ0v) is 6.51. The molecule has 0 aliphatic carbocycles. The fourth-order valence-electron chi connectivity index (χ4n) is 0.262. The van der Waals surface area contributed by atoms with E-state index in [0.717, 1.165) is 7.11 Å². The van der Waals surface area contributed by atoms with Crippen molar-refractivity contribution in [2.24, 2.45) is 0 Å². The number of hydrogen-bond donors (Lipinski definition) is 1. The van der Waals surface area contributed by atoms with Crippen LogP contribution in [0.3, 0.4) is 0 Å². The van der Waals surface area contributed by atoms with Gasteiger partial charge in [-0.05, 0) is 0 Å². The number of nitrogens with one attached hydrogen (secondary N) is 1. The Labute approximate surface area is 59.3 Å². The normalized spacial score (nSPS) is 10.8. The fraction of sp³-hybridized carbons (Fsp3) is 0.750. The molecule has 1 unspecified atom stereocenters. The Morgan fingerprint density at radius 2 is 2.30 bits per heavy atom. The Bertz CT molecular complexity index is 125. The first-order valence-electron chi connectivity index (χ1n) is 2.44. The third-order valence-electron chi connectivity index (χ3n) is 0.654. The number of ether oxygens (including phenoxy) is 1. The molecule has 1 atom stereocenters. The summed E-state index contributed by atoms with van der Waals surface area (Å²) in [7, 11) is 2.41. The van der Waals surface area contributed by atoms with E-state index in [9.17, 15) is 13.6 Å².